The van der Waals surface area contributed by atoms with E-state index in [1.54, 1.807) is 0 Å². The van der Waals surface area contributed by atoms with Gasteiger partial charge in [0.15, 0.2) is 0 Å². The van der Waals surface area contributed by atoms with Gasteiger partial charge < -0.3 is 9.80 Å². The molecule has 0 saturated heterocycles. The third kappa shape index (κ3) is 5.38. The van der Waals surface area contributed by atoms with Gasteiger partial charge in [0.1, 0.15) is 0 Å². The first-order valence-electron chi connectivity index (χ1n) is 23.0. The summed E-state index contributed by atoms with van der Waals surface area (Å²) in [6.45, 7) is -0.0284. The molecule has 5 heteroatoms. The second kappa shape index (κ2) is 14.3. The largest absolute Gasteiger partial charge is 0.311 e. The fourth-order valence-electron chi connectivity index (χ4n) is 11.5. The Balaban J connectivity index is 1.08. The van der Waals surface area contributed by atoms with Gasteiger partial charge >= 0.3 is 0 Å². The van der Waals surface area contributed by atoms with Crippen molar-refractivity contribution in [1.82, 2.24) is 0 Å². The number of benzene rings is 11. The van der Waals surface area contributed by atoms with E-state index < -0.39 is 0 Å². The van der Waals surface area contributed by atoms with Crippen LogP contribution >= 0.6 is 22.7 Å². The Bertz CT molecular complexity index is 3930. The molecule has 0 atom stereocenters. The molecule has 0 bridgehead atoms. The molecule has 0 spiro atoms. The van der Waals surface area contributed by atoms with Crippen LogP contribution in [0.3, 0.4) is 0 Å². The van der Waals surface area contributed by atoms with E-state index >= 15 is 0 Å². The first-order chi connectivity index (χ1) is 33.2. The lowest BCUT2D eigenvalue weighted by Gasteiger charge is -2.45. The third-order valence-corrected chi connectivity index (χ3v) is 16.8. The van der Waals surface area contributed by atoms with Crippen molar-refractivity contribution in [3.05, 3.63) is 224 Å². The second-order valence-electron chi connectivity index (χ2n) is 17.9. The van der Waals surface area contributed by atoms with E-state index in [0.717, 1.165) is 0 Å². The van der Waals surface area contributed by atoms with E-state index in [2.05, 4.69) is 234 Å². The Morgan fingerprint density at radius 2 is 0.701 bits per heavy atom. The lowest BCUT2D eigenvalue weighted by Crippen LogP contribution is -2.61. The zero-order valence-corrected chi connectivity index (χ0v) is 37.8. The van der Waals surface area contributed by atoms with Crippen LogP contribution in [0.2, 0.25) is 0 Å². The highest BCUT2D eigenvalue weighted by Crippen LogP contribution is 2.53. The van der Waals surface area contributed by atoms with E-state index in [0.29, 0.717) is 0 Å². The molecular formula is C62H37BN2S2. The smallest absolute Gasteiger partial charge is 0.252 e. The van der Waals surface area contributed by atoms with Crippen molar-refractivity contribution in [2.75, 3.05) is 9.80 Å². The average molecular weight is 885 g/mol. The number of hydrogen-bond acceptors (Lipinski definition) is 4. The predicted molar refractivity (Wildman–Crippen MR) is 292 cm³/mol. The molecule has 2 aliphatic rings. The maximum Gasteiger partial charge on any atom is 0.252 e. The molecule has 15 rings (SSSR count). The van der Waals surface area contributed by atoms with Gasteiger partial charge in [-0.25, -0.2) is 0 Å². The van der Waals surface area contributed by atoms with Gasteiger partial charge in [0.2, 0.25) is 0 Å². The molecular weight excluding hydrogens is 848 g/mol. The van der Waals surface area contributed by atoms with Crippen molar-refractivity contribution in [2.45, 2.75) is 0 Å². The molecule has 11 aromatic carbocycles. The standard InChI is InChI=1S/C62H37BN2S2/c1-3-16-38(17-4-1)58-50(32-30-46-44-24-11-13-28-56(44)66-61(46)58)64-52-26-15-27-53-60(52)63(48-34-40-20-7-9-22-42(40)36-54(48)64)49-35-41-21-8-10-23-43(41)37-55(49)65(53)51-33-31-47-45-25-12-14-29-57(45)67-62(47)59(51)39-18-5-2-6-19-39/h1-37H. The molecule has 0 fully saturated rings. The van der Waals surface area contributed by atoms with Crippen LogP contribution in [0.25, 0.3) is 84.1 Å². The number of rotatable bonds is 4. The molecule has 67 heavy (non-hydrogen) atoms. The van der Waals surface area contributed by atoms with Crippen molar-refractivity contribution in [1.29, 1.82) is 0 Å². The van der Waals surface area contributed by atoms with Crippen LogP contribution < -0.4 is 26.2 Å². The Labute approximate surface area is 395 Å². The summed E-state index contributed by atoms with van der Waals surface area (Å²) in [5.41, 5.74) is 16.1. The molecule has 310 valence electrons. The lowest BCUT2D eigenvalue weighted by molar-refractivity contribution is 1.26. The Hall–Kier alpha value is -7.96. The molecule has 13 aromatic rings. The van der Waals surface area contributed by atoms with Gasteiger partial charge in [-0.2, -0.15) is 0 Å². The van der Waals surface area contributed by atoms with Crippen LogP contribution in [0.4, 0.5) is 34.1 Å². The Morgan fingerprint density at radius 1 is 0.299 bits per heavy atom. The minimum atomic E-state index is -0.0284. The van der Waals surface area contributed by atoms with Crippen LogP contribution in [0.5, 0.6) is 0 Å². The zero-order valence-electron chi connectivity index (χ0n) is 36.2. The van der Waals surface area contributed by atoms with Crippen molar-refractivity contribution >= 4 is 142 Å². The number of hydrogen-bond donors (Lipinski definition) is 0. The maximum absolute atomic E-state index is 2.61. The van der Waals surface area contributed by atoms with Gasteiger partial charge in [-0.05, 0) is 97.6 Å². The molecule has 2 aromatic heterocycles. The summed E-state index contributed by atoms with van der Waals surface area (Å²) in [6.07, 6.45) is 0. The molecule has 0 amide bonds. The number of fused-ring (bicyclic) bond motifs is 12. The second-order valence-corrected chi connectivity index (χ2v) is 20.0. The highest BCUT2D eigenvalue weighted by molar-refractivity contribution is 7.26. The van der Waals surface area contributed by atoms with Gasteiger partial charge in [0, 0.05) is 74.2 Å². The lowest BCUT2D eigenvalue weighted by atomic mass is 9.33. The monoisotopic (exact) mass is 884 g/mol. The zero-order chi connectivity index (χ0) is 43.7. The van der Waals surface area contributed by atoms with E-state index in [1.807, 2.05) is 22.7 Å². The van der Waals surface area contributed by atoms with Crippen LogP contribution in [0, 0.1) is 0 Å². The summed E-state index contributed by atoms with van der Waals surface area (Å²) in [5.74, 6) is 0. The van der Waals surface area contributed by atoms with E-state index in [9.17, 15) is 0 Å². The summed E-state index contributed by atoms with van der Waals surface area (Å²) in [7, 11) is 0. The fourth-order valence-corrected chi connectivity index (χ4v) is 14.1. The van der Waals surface area contributed by atoms with E-state index in [4.69, 9.17) is 0 Å². The first kappa shape index (κ1) is 37.3. The average Bonchev–Trinajstić information content (AvgIpc) is 3.96. The van der Waals surface area contributed by atoms with E-state index in [1.165, 1.54) is 135 Å². The van der Waals surface area contributed by atoms with Crippen LogP contribution in [0.15, 0.2) is 224 Å². The molecule has 2 nitrogen and oxygen atoms in total. The number of thiophene rings is 2. The van der Waals surface area contributed by atoms with Crippen molar-refractivity contribution in [2.24, 2.45) is 0 Å². The molecule has 0 N–H and O–H groups in total. The van der Waals surface area contributed by atoms with Crippen LogP contribution in [0.1, 0.15) is 0 Å². The quantitative estimate of drug-likeness (QED) is 0.163. The summed E-state index contributed by atoms with van der Waals surface area (Å²) in [4.78, 5) is 5.22. The summed E-state index contributed by atoms with van der Waals surface area (Å²) in [6, 6.07) is 84.2. The molecule has 0 saturated carbocycles. The van der Waals surface area contributed by atoms with E-state index in [-0.39, 0.29) is 6.71 Å². The molecule has 0 unspecified atom stereocenters. The fraction of sp³-hybridized carbons (Fsp3) is 0. The highest BCUT2D eigenvalue weighted by Gasteiger charge is 2.44. The van der Waals surface area contributed by atoms with Crippen molar-refractivity contribution < 1.29 is 0 Å². The summed E-state index contributed by atoms with van der Waals surface area (Å²) in [5, 5.41) is 10.2. The van der Waals surface area contributed by atoms with Gasteiger partial charge in [0.25, 0.3) is 6.71 Å². The minimum Gasteiger partial charge on any atom is -0.311 e. The molecule has 0 radical (unpaired) electrons. The first-order valence-corrected chi connectivity index (χ1v) is 24.7. The molecule has 4 heterocycles. The number of anilines is 6. The van der Waals surface area contributed by atoms with Crippen LogP contribution in [-0.2, 0) is 0 Å². The van der Waals surface area contributed by atoms with Gasteiger partial charge in [-0.3, -0.25) is 0 Å². The normalized spacial score (nSPS) is 13.0. The van der Waals surface area contributed by atoms with Gasteiger partial charge in [-0.1, -0.05) is 176 Å². The highest BCUT2D eigenvalue weighted by atomic mass is 32.1. The minimum absolute atomic E-state index is 0.0284. The summed E-state index contributed by atoms with van der Waals surface area (Å²) < 4.78 is 5.22. The topological polar surface area (TPSA) is 6.48 Å². The summed E-state index contributed by atoms with van der Waals surface area (Å²) >= 11 is 3.81. The van der Waals surface area contributed by atoms with Crippen molar-refractivity contribution in [3.63, 3.8) is 0 Å². The third-order valence-electron chi connectivity index (χ3n) is 14.4. The number of nitrogens with zero attached hydrogens (tertiary/aromatic N) is 2. The SMILES string of the molecule is c1ccc(-c2c(N3c4cc5ccccc5cc4B4c5cc6ccccc6cc5N(c5ccc6c(sc7ccccc76)c5-c5ccccc5)c5cccc3c54)ccc3c2sc2ccccc23)cc1. The van der Waals surface area contributed by atoms with Crippen molar-refractivity contribution in [3.8, 4) is 22.3 Å². The molecule has 2 aliphatic heterocycles. The molecule has 0 aliphatic carbocycles. The Kier molecular flexibility index (Phi) is 7.94. The van der Waals surface area contributed by atoms with Crippen LogP contribution in [-0.4, -0.2) is 6.71 Å². The maximum atomic E-state index is 2.61. The Morgan fingerprint density at radius 3 is 1.16 bits per heavy atom. The van der Waals surface area contributed by atoms with Gasteiger partial charge in [-0.15, -0.1) is 22.7 Å². The van der Waals surface area contributed by atoms with Gasteiger partial charge in [0.05, 0.1) is 11.4 Å². The predicted octanol–water partition coefficient (Wildman–Crippen LogP) is 16.1.